The van der Waals surface area contributed by atoms with Crippen molar-refractivity contribution in [1.29, 1.82) is 0 Å². The lowest BCUT2D eigenvalue weighted by Gasteiger charge is -2.12. The van der Waals surface area contributed by atoms with Crippen LogP contribution in [0.1, 0.15) is 37.4 Å². The van der Waals surface area contributed by atoms with Gasteiger partial charge in [-0.2, -0.15) is 0 Å². The standard InChI is InChI=1S/C20H28N4O/c1-3-4-6-14-23-20(21-2)24-15-17-9-11-19(12-10-17)25-16-18-8-5-7-13-22-18/h5,7-13H,3-4,6,14-16H2,1-2H3,(H2,21,23,24). The van der Waals surface area contributed by atoms with Gasteiger partial charge < -0.3 is 15.4 Å². The Kier molecular flexibility index (Phi) is 8.32. The number of nitrogens with zero attached hydrogens (tertiary/aromatic N) is 2. The Morgan fingerprint density at radius 2 is 1.92 bits per heavy atom. The Hall–Kier alpha value is -2.56. The second-order valence-electron chi connectivity index (χ2n) is 5.81. The number of rotatable bonds is 9. The predicted octanol–water partition coefficient (Wildman–Crippen LogP) is 3.52. The third-order valence-electron chi connectivity index (χ3n) is 3.79. The molecule has 0 amide bonds. The minimum Gasteiger partial charge on any atom is -0.487 e. The van der Waals surface area contributed by atoms with Crippen molar-refractivity contribution in [2.45, 2.75) is 39.3 Å². The lowest BCUT2D eigenvalue weighted by atomic mass is 10.2. The van der Waals surface area contributed by atoms with Crippen molar-refractivity contribution >= 4 is 5.96 Å². The van der Waals surface area contributed by atoms with Gasteiger partial charge in [-0.25, -0.2) is 0 Å². The second kappa shape index (κ2) is 11.1. The number of ether oxygens (including phenoxy) is 1. The van der Waals surface area contributed by atoms with Gasteiger partial charge in [0.25, 0.3) is 0 Å². The highest BCUT2D eigenvalue weighted by Crippen LogP contribution is 2.13. The van der Waals surface area contributed by atoms with Gasteiger partial charge in [-0.05, 0) is 36.2 Å². The average molecular weight is 340 g/mol. The number of aliphatic imine (C=N–C) groups is 1. The maximum Gasteiger partial charge on any atom is 0.191 e. The molecule has 1 heterocycles. The number of guanidine groups is 1. The van der Waals surface area contributed by atoms with E-state index >= 15 is 0 Å². The van der Waals surface area contributed by atoms with E-state index in [1.807, 2.05) is 30.3 Å². The lowest BCUT2D eigenvalue weighted by molar-refractivity contribution is 0.301. The van der Waals surface area contributed by atoms with Crippen LogP contribution in [0.15, 0.2) is 53.7 Å². The van der Waals surface area contributed by atoms with Crippen LogP contribution in [0.25, 0.3) is 0 Å². The van der Waals surface area contributed by atoms with Crippen molar-refractivity contribution in [3.63, 3.8) is 0 Å². The van der Waals surface area contributed by atoms with Crippen LogP contribution in [0.2, 0.25) is 0 Å². The second-order valence-corrected chi connectivity index (χ2v) is 5.81. The van der Waals surface area contributed by atoms with Gasteiger partial charge in [-0.1, -0.05) is 38.0 Å². The molecule has 2 rings (SSSR count). The van der Waals surface area contributed by atoms with E-state index in [1.165, 1.54) is 24.8 Å². The number of benzene rings is 1. The number of hydrogen-bond donors (Lipinski definition) is 2. The molecule has 0 saturated carbocycles. The number of hydrogen-bond acceptors (Lipinski definition) is 3. The fraction of sp³-hybridized carbons (Fsp3) is 0.400. The maximum absolute atomic E-state index is 5.75. The van der Waals surface area contributed by atoms with E-state index in [4.69, 9.17) is 4.74 Å². The topological polar surface area (TPSA) is 58.5 Å². The van der Waals surface area contributed by atoms with Crippen LogP contribution in [0.3, 0.4) is 0 Å². The molecule has 0 saturated heterocycles. The third kappa shape index (κ3) is 7.25. The van der Waals surface area contributed by atoms with Gasteiger partial charge in [-0.15, -0.1) is 0 Å². The van der Waals surface area contributed by atoms with E-state index in [-0.39, 0.29) is 0 Å². The van der Waals surface area contributed by atoms with Crippen molar-refractivity contribution in [1.82, 2.24) is 15.6 Å². The average Bonchev–Trinajstić information content (AvgIpc) is 2.67. The van der Waals surface area contributed by atoms with E-state index in [0.29, 0.717) is 6.61 Å². The van der Waals surface area contributed by atoms with Crippen molar-refractivity contribution in [2.75, 3.05) is 13.6 Å². The van der Waals surface area contributed by atoms with E-state index in [1.54, 1.807) is 13.2 Å². The molecule has 5 nitrogen and oxygen atoms in total. The van der Waals surface area contributed by atoms with Gasteiger partial charge in [0.15, 0.2) is 5.96 Å². The summed E-state index contributed by atoms with van der Waals surface area (Å²) in [5.74, 6) is 1.68. The van der Waals surface area contributed by atoms with Crippen LogP contribution in [0, 0.1) is 0 Å². The normalized spacial score (nSPS) is 11.2. The van der Waals surface area contributed by atoms with E-state index in [2.05, 4.69) is 39.7 Å². The molecule has 25 heavy (non-hydrogen) atoms. The first-order valence-corrected chi connectivity index (χ1v) is 8.88. The first-order chi connectivity index (χ1) is 12.3. The number of aromatic nitrogens is 1. The van der Waals surface area contributed by atoms with Crippen molar-refractivity contribution < 1.29 is 4.74 Å². The van der Waals surface area contributed by atoms with Gasteiger partial charge >= 0.3 is 0 Å². The minimum atomic E-state index is 0.479. The molecule has 134 valence electrons. The zero-order chi connectivity index (χ0) is 17.7. The van der Waals surface area contributed by atoms with Gasteiger partial charge in [0, 0.05) is 26.3 Å². The van der Waals surface area contributed by atoms with Crippen LogP contribution >= 0.6 is 0 Å². The molecule has 1 aromatic heterocycles. The molecular weight excluding hydrogens is 312 g/mol. The number of unbranched alkanes of at least 4 members (excludes halogenated alkanes) is 2. The summed E-state index contributed by atoms with van der Waals surface area (Å²) in [4.78, 5) is 8.49. The Morgan fingerprint density at radius 1 is 1.08 bits per heavy atom. The molecule has 0 bridgehead atoms. The van der Waals surface area contributed by atoms with E-state index in [9.17, 15) is 0 Å². The van der Waals surface area contributed by atoms with Crippen LogP contribution in [-0.4, -0.2) is 24.5 Å². The molecule has 1 aromatic carbocycles. The van der Waals surface area contributed by atoms with Gasteiger partial charge in [0.1, 0.15) is 12.4 Å². The Bertz CT molecular complexity index is 626. The van der Waals surface area contributed by atoms with Crippen LogP contribution < -0.4 is 15.4 Å². The summed E-state index contributed by atoms with van der Waals surface area (Å²) in [7, 11) is 1.80. The summed E-state index contributed by atoms with van der Waals surface area (Å²) in [5, 5.41) is 6.66. The Morgan fingerprint density at radius 3 is 2.60 bits per heavy atom. The van der Waals surface area contributed by atoms with Crippen molar-refractivity contribution in [3.05, 3.63) is 59.9 Å². The molecule has 0 fully saturated rings. The molecule has 0 aliphatic carbocycles. The van der Waals surface area contributed by atoms with E-state index < -0.39 is 0 Å². The fourth-order valence-electron chi connectivity index (χ4n) is 2.33. The minimum absolute atomic E-state index is 0.479. The highest BCUT2D eigenvalue weighted by molar-refractivity contribution is 5.79. The van der Waals surface area contributed by atoms with Crippen molar-refractivity contribution in [3.8, 4) is 5.75 Å². The predicted molar refractivity (Wildman–Crippen MR) is 103 cm³/mol. The maximum atomic E-state index is 5.75. The molecule has 0 spiro atoms. The lowest BCUT2D eigenvalue weighted by Crippen LogP contribution is -2.37. The smallest absolute Gasteiger partial charge is 0.191 e. The molecular formula is C20H28N4O. The molecule has 5 heteroatoms. The zero-order valence-corrected chi connectivity index (χ0v) is 15.2. The van der Waals surface area contributed by atoms with Crippen molar-refractivity contribution in [2.24, 2.45) is 4.99 Å². The Balaban J connectivity index is 1.74. The molecule has 0 radical (unpaired) electrons. The first-order valence-electron chi connectivity index (χ1n) is 8.88. The van der Waals surface area contributed by atoms with Crippen LogP contribution in [-0.2, 0) is 13.2 Å². The summed E-state index contributed by atoms with van der Waals surface area (Å²) >= 11 is 0. The summed E-state index contributed by atoms with van der Waals surface area (Å²) in [5.41, 5.74) is 2.10. The molecule has 0 aliphatic heterocycles. The van der Waals surface area contributed by atoms with Crippen LogP contribution in [0.5, 0.6) is 5.75 Å². The molecule has 2 aromatic rings. The monoisotopic (exact) mass is 340 g/mol. The summed E-state index contributed by atoms with van der Waals surface area (Å²) < 4.78 is 5.75. The highest BCUT2D eigenvalue weighted by Gasteiger charge is 2.00. The van der Waals surface area contributed by atoms with Crippen LogP contribution in [0.4, 0.5) is 0 Å². The Labute approximate surface area is 150 Å². The summed E-state index contributed by atoms with van der Waals surface area (Å²) in [6, 6.07) is 13.9. The third-order valence-corrected chi connectivity index (χ3v) is 3.79. The molecule has 0 unspecified atom stereocenters. The SMILES string of the molecule is CCCCCNC(=NC)NCc1ccc(OCc2ccccn2)cc1. The first kappa shape index (κ1) is 18.8. The fourth-order valence-corrected chi connectivity index (χ4v) is 2.33. The quantitative estimate of drug-likeness (QED) is 0.417. The van der Waals surface area contributed by atoms with Gasteiger partial charge in [0.2, 0.25) is 0 Å². The number of nitrogens with one attached hydrogen (secondary N) is 2. The van der Waals surface area contributed by atoms with Gasteiger partial charge in [0.05, 0.1) is 5.69 Å². The molecule has 0 atom stereocenters. The zero-order valence-electron chi connectivity index (χ0n) is 15.2. The van der Waals surface area contributed by atoms with Gasteiger partial charge in [-0.3, -0.25) is 9.98 Å². The largest absolute Gasteiger partial charge is 0.487 e. The summed E-state index contributed by atoms with van der Waals surface area (Å²) in [6.07, 6.45) is 5.41. The molecule has 2 N–H and O–H groups in total. The number of pyridine rings is 1. The summed E-state index contributed by atoms with van der Waals surface area (Å²) in [6.45, 7) is 4.37. The van der Waals surface area contributed by atoms with E-state index in [0.717, 1.165) is 30.5 Å². The molecule has 0 aliphatic rings. The highest BCUT2D eigenvalue weighted by atomic mass is 16.5.